The van der Waals surface area contributed by atoms with Gasteiger partial charge in [-0.15, -0.1) is 0 Å². The minimum absolute atomic E-state index is 0.0311. The number of alkyl halides is 3. The molecular weight excluding hydrogens is 235 g/mol. The molecular formula is C11H18F3NO2. The maximum absolute atomic E-state index is 12.1. The molecule has 1 N–H and O–H groups in total. The van der Waals surface area contributed by atoms with Crippen LogP contribution in [-0.4, -0.2) is 31.3 Å². The molecule has 3 nitrogen and oxygen atoms in total. The molecule has 1 fully saturated rings. The number of hydrogen-bond donors (Lipinski definition) is 1. The van der Waals surface area contributed by atoms with Crippen molar-refractivity contribution >= 4 is 5.97 Å². The second-order valence-electron chi connectivity index (χ2n) is 4.27. The Bertz CT molecular complexity index is 250. The molecule has 1 unspecified atom stereocenters. The van der Waals surface area contributed by atoms with Crippen molar-refractivity contribution in [3.63, 3.8) is 0 Å². The summed E-state index contributed by atoms with van der Waals surface area (Å²) in [6, 6.07) is -0.820. The first kappa shape index (κ1) is 14.3. The molecule has 6 heteroatoms. The number of halogens is 3. The molecule has 0 radical (unpaired) electrons. The van der Waals surface area contributed by atoms with Crippen LogP contribution in [0, 0.1) is 5.92 Å². The van der Waals surface area contributed by atoms with Crippen LogP contribution in [0.15, 0.2) is 0 Å². The number of esters is 1. The van der Waals surface area contributed by atoms with Crippen molar-refractivity contribution in [1.29, 1.82) is 0 Å². The Labute approximate surface area is 98.7 Å². The maximum Gasteiger partial charge on any atom is 0.401 e. The van der Waals surface area contributed by atoms with E-state index in [2.05, 4.69) is 5.32 Å². The Morgan fingerprint density at radius 2 is 2.00 bits per heavy atom. The quantitative estimate of drug-likeness (QED) is 0.764. The van der Waals surface area contributed by atoms with Crippen LogP contribution in [0.3, 0.4) is 0 Å². The lowest BCUT2D eigenvalue weighted by atomic mass is 9.98. The molecule has 1 aliphatic carbocycles. The molecule has 1 rings (SSSR count). The summed E-state index contributed by atoms with van der Waals surface area (Å²) in [6.45, 7) is 0.691. The third-order valence-corrected chi connectivity index (χ3v) is 2.93. The normalized spacial score (nSPS) is 19.3. The van der Waals surface area contributed by atoms with Gasteiger partial charge in [0.05, 0.1) is 13.2 Å². The van der Waals surface area contributed by atoms with Gasteiger partial charge in [-0.1, -0.05) is 12.8 Å². The predicted octanol–water partition coefficient (Wildman–Crippen LogP) is 2.26. The van der Waals surface area contributed by atoms with Crippen LogP contribution in [0.5, 0.6) is 0 Å². The van der Waals surface area contributed by atoms with E-state index in [4.69, 9.17) is 4.74 Å². The number of nitrogens with one attached hydrogen (secondary N) is 1. The predicted molar refractivity (Wildman–Crippen MR) is 56.4 cm³/mol. The van der Waals surface area contributed by atoms with Crippen LogP contribution in [0.25, 0.3) is 0 Å². The maximum atomic E-state index is 12.1. The van der Waals surface area contributed by atoms with Crippen molar-refractivity contribution in [3.8, 4) is 0 Å². The fourth-order valence-electron chi connectivity index (χ4n) is 2.19. The van der Waals surface area contributed by atoms with Crippen molar-refractivity contribution in [2.45, 2.75) is 44.8 Å². The summed E-state index contributed by atoms with van der Waals surface area (Å²) >= 11 is 0. The van der Waals surface area contributed by atoms with E-state index in [1.165, 1.54) is 0 Å². The molecule has 0 saturated heterocycles. The molecule has 0 aromatic heterocycles. The zero-order chi connectivity index (χ0) is 12.9. The van der Waals surface area contributed by atoms with Gasteiger partial charge < -0.3 is 4.74 Å². The molecule has 0 heterocycles. The Balaban J connectivity index is 2.55. The first-order chi connectivity index (χ1) is 7.94. The van der Waals surface area contributed by atoms with Gasteiger partial charge in [0, 0.05) is 0 Å². The highest BCUT2D eigenvalue weighted by Gasteiger charge is 2.35. The highest BCUT2D eigenvalue weighted by molar-refractivity contribution is 5.76. The topological polar surface area (TPSA) is 38.3 Å². The van der Waals surface area contributed by atoms with Gasteiger partial charge in [0.2, 0.25) is 0 Å². The van der Waals surface area contributed by atoms with Crippen molar-refractivity contribution in [3.05, 3.63) is 0 Å². The third kappa shape index (κ3) is 4.93. The van der Waals surface area contributed by atoms with Crippen molar-refractivity contribution in [2.75, 3.05) is 13.2 Å². The first-order valence-electron chi connectivity index (χ1n) is 5.91. The van der Waals surface area contributed by atoms with Crippen LogP contribution in [0.2, 0.25) is 0 Å². The van der Waals surface area contributed by atoms with Crippen molar-refractivity contribution in [2.24, 2.45) is 5.92 Å². The zero-order valence-corrected chi connectivity index (χ0v) is 9.85. The van der Waals surface area contributed by atoms with Gasteiger partial charge in [0.15, 0.2) is 0 Å². The summed E-state index contributed by atoms with van der Waals surface area (Å²) in [4.78, 5) is 11.6. The van der Waals surface area contributed by atoms with Gasteiger partial charge in [0.1, 0.15) is 6.04 Å². The third-order valence-electron chi connectivity index (χ3n) is 2.93. The van der Waals surface area contributed by atoms with Crippen LogP contribution >= 0.6 is 0 Å². The van der Waals surface area contributed by atoms with Gasteiger partial charge in [-0.05, 0) is 25.7 Å². The number of rotatable bonds is 5. The van der Waals surface area contributed by atoms with Gasteiger partial charge in [-0.2, -0.15) is 13.2 Å². The largest absolute Gasteiger partial charge is 0.465 e. The number of carbonyl (C=O) groups excluding carboxylic acids is 1. The number of hydrogen-bond acceptors (Lipinski definition) is 3. The lowest BCUT2D eigenvalue weighted by Gasteiger charge is -2.23. The van der Waals surface area contributed by atoms with E-state index in [0.29, 0.717) is 0 Å². The van der Waals surface area contributed by atoms with Crippen LogP contribution < -0.4 is 5.32 Å². The smallest absolute Gasteiger partial charge is 0.401 e. The molecule has 100 valence electrons. The number of ether oxygens (including phenoxy) is 1. The molecule has 0 aliphatic heterocycles. The fourth-order valence-corrected chi connectivity index (χ4v) is 2.19. The monoisotopic (exact) mass is 253 g/mol. The number of carbonyl (C=O) groups is 1. The molecule has 1 saturated carbocycles. The molecule has 1 atom stereocenters. The molecule has 0 amide bonds. The first-order valence-corrected chi connectivity index (χ1v) is 5.91. The average Bonchev–Trinajstić information content (AvgIpc) is 2.70. The van der Waals surface area contributed by atoms with Gasteiger partial charge in [-0.25, -0.2) is 0 Å². The van der Waals surface area contributed by atoms with Crippen LogP contribution in [0.1, 0.15) is 32.6 Å². The van der Waals surface area contributed by atoms with E-state index >= 15 is 0 Å². The molecule has 0 spiro atoms. The Kier molecular flexibility index (Phi) is 5.24. The highest BCUT2D eigenvalue weighted by Crippen LogP contribution is 2.28. The van der Waals surface area contributed by atoms with Crippen molar-refractivity contribution in [1.82, 2.24) is 5.32 Å². The zero-order valence-electron chi connectivity index (χ0n) is 9.85. The van der Waals surface area contributed by atoms with Gasteiger partial charge in [0.25, 0.3) is 0 Å². The summed E-state index contributed by atoms with van der Waals surface area (Å²) in [7, 11) is 0. The van der Waals surface area contributed by atoms with E-state index in [1.54, 1.807) is 6.92 Å². The lowest BCUT2D eigenvalue weighted by Crippen LogP contribution is -2.46. The molecule has 1 aliphatic rings. The molecule has 0 bridgehead atoms. The fraction of sp³-hybridized carbons (Fsp3) is 0.909. The minimum Gasteiger partial charge on any atom is -0.465 e. The summed E-state index contributed by atoms with van der Waals surface area (Å²) in [6.07, 6.45) is -0.797. The minimum atomic E-state index is -4.30. The van der Waals surface area contributed by atoms with Crippen LogP contribution in [0.4, 0.5) is 13.2 Å². The SMILES string of the molecule is CCOC(=O)C(NCC(F)(F)F)C1CCCC1. The molecule has 0 aromatic carbocycles. The highest BCUT2D eigenvalue weighted by atomic mass is 19.4. The summed E-state index contributed by atoms with van der Waals surface area (Å²) in [5.41, 5.74) is 0. The standard InChI is InChI=1S/C11H18F3NO2/c1-2-17-10(16)9(8-5-3-4-6-8)15-7-11(12,13)14/h8-9,15H,2-7H2,1H3. The Hall–Kier alpha value is -0.780. The average molecular weight is 253 g/mol. The van der Waals surface area contributed by atoms with E-state index in [9.17, 15) is 18.0 Å². The summed E-state index contributed by atoms with van der Waals surface area (Å²) < 4.78 is 41.2. The van der Waals surface area contributed by atoms with E-state index < -0.39 is 24.7 Å². The Morgan fingerprint density at radius 3 is 2.47 bits per heavy atom. The second-order valence-corrected chi connectivity index (χ2v) is 4.27. The lowest BCUT2D eigenvalue weighted by molar-refractivity contribution is -0.150. The summed E-state index contributed by atoms with van der Waals surface area (Å²) in [5.74, 6) is -0.597. The van der Waals surface area contributed by atoms with E-state index in [-0.39, 0.29) is 12.5 Å². The van der Waals surface area contributed by atoms with Crippen LogP contribution in [-0.2, 0) is 9.53 Å². The summed E-state index contributed by atoms with van der Waals surface area (Å²) in [5, 5.41) is 2.29. The second kappa shape index (κ2) is 6.23. The molecule has 17 heavy (non-hydrogen) atoms. The van der Waals surface area contributed by atoms with Crippen molar-refractivity contribution < 1.29 is 22.7 Å². The van der Waals surface area contributed by atoms with E-state index in [1.807, 2.05) is 0 Å². The van der Waals surface area contributed by atoms with Gasteiger partial charge >= 0.3 is 12.1 Å². The van der Waals surface area contributed by atoms with E-state index in [0.717, 1.165) is 25.7 Å². The van der Waals surface area contributed by atoms with Gasteiger partial charge in [-0.3, -0.25) is 10.1 Å². The Morgan fingerprint density at radius 1 is 1.41 bits per heavy atom. The molecule has 0 aromatic rings.